The molecule has 6 nitrogen and oxygen atoms in total. The van der Waals surface area contributed by atoms with Crippen LogP contribution in [-0.4, -0.2) is 36.4 Å². The molecule has 0 saturated carbocycles. The van der Waals surface area contributed by atoms with E-state index < -0.39 is 0 Å². The van der Waals surface area contributed by atoms with Crippen LogP contribution >= 0.6 is 0 Å². The quantitative estimate of drug-likeness (QED) is 0.482. The lowest BCUT2D eigenvalue weighted by atomic mass is 10.0. The normalized spacial score (nSPS) is 37.5. The Bertz CT molecular complexity index is 364. The van der Waals surface area contributed by atoms with Gasteiger partial charge in [-0.15, -0.1) is 0 Å². The fourth-order valence-electron chi connectivity index (χ4n) is 2.37. The van der Waals surface area contributed by atoms with E-state index in [0.29, 0.717) is 12.5 Å². The lowest BCUT2D eigenvalue weighted by molar-refractivity contribution is -0.122. The average molecular weight is 207 g/mol. The van der Waals surface area contributed by atoms with E-state index >= 15 is 0 Å². The Balaban J connectivity index is 1.86. The number of carbonyl (C=O) groups is 1. The Morgan fingerprint density at radius 3 is 3.27 bits per heavy atom. The van der Waals surface area contributed by atoms with Crippen molar-refractivity contribution in [3.8, 4) is 0 Å². The number of hydrogen-bond acceptors (Lipinski definition) is 5. The molecule has 0 bridgehead atoms. The number of hydrazine groups is 1. The van der Waals surface area contributed by atoms with E-state index in [-0.39, 0.29) is 18.0 Å². The molecule has 2 fully saturated rings. The van der Waals surface area contributed by atoms with Crippen LogP contribution in [0.15, 0.2) is 16.9 Å². The summed E-state index contributed by atoms with van der Waals surface area (Å²) in [6, 6.07) is 0. The Kier molecular flexibility index (Phi) is 1.80. The van der Waals surface area contributed by atoms with Crippen molar-refractivity contribution in [2.45, 2.75) is 6.17 Å². The Labute approximate surface area is 87.2 Å². The topological polar surface area (TPSA) is 82.8 Å². The zero-order valence-corrected chi connectivity index (χ0v) is 8.18. The van der Waals surface area contributed by atoms with Crippen molar-refractivity contribution in [2.75, 3.05) is 13.1 Å². The Morgan fingerprint density at radius 2 is 2.47 bits per heavy atom. The fourth-order valence-corrected chi connectivity index (χ4v) is 2.37. The highest BCUT2D eigenvalue weighted by Crippen LogP contribution is 2.29. The largest absolute Gasteiger partial charge is 0.369 e. The molecular weight excluding hydrogens is 194 g/mol. The minimum absolute atomic E-state index is 0.0216. The van der Waals surface area contributed by atoms with Crippen LogP contribution in [0.25, 0.3) is 0 Å². The lowest BCUT2D eigenvalue weighted by Gasteiger charge is -2.37. The van der Waals surface area contributed by atoms with Gasteiger partial charge in [-0.05, 0) is 0 Å². The Morgan fingerprint density at radius 1 is 1.60 bits per heavy atom. The van der Waals surface area contributed by atoms with Gasteiger partial charge in [0.05, 0.1) is 11.6 Å². The number of nitrogens with one attached hydrogen (secondary N) is 2. The summed E-state index contributed by atoms with van der Waals surface area (Å²) < 4.78 is 0. The molecular formula is C9H13N5O. The highest BCUT2D eigenvalue weighted by atomic mass is 16.1. The van der Waals surface area contributed by atoms with E-state index in [4.69, 9.17) is 5.73 Å². The summed E-state index contributed by atoms with van der Waals surface area (Å²) in [4.78, 5) is 15.3. The third-order valence-corrected chi connectivity index (χ3v) is 3.18. The van der Waals surface area contributed by atoms with Gasteiger partial charge in [-0.3, -0.25) is 20.1 Å². The first-order valence-electron chi connectivity index (χ1n) is 5.06. The van der Waals surface area contributed by atoms with Crippen LogP contribution in [0, 0.1) is 11.8 Å². The maximum Gasteiger partial charge on any atom is 0.225 e. The van der Waals surface area contributed by atoms with Crippen molar-refractivity contribution in [3.05, 3.63) is 11.9 Å². The predicted octanol–water partition coefficient (Wildman–Crippen LogP) is -1.62. The molecule has 0 radical (unpaired) electrons. The second-order valence-corrected chi connectivity index (χ2v) is 4.05. The van der Waals surface area contributed by atoms with Crippen LogP contribution < -0.4 is 16.5 Å². The number of carbonyl (C=O) groups excluding carboxylic acids is 1. The van der Waals surface area contributed by atoms with Gasteiger partial charge < -0.3 is 5.73 Å². The maximum absolute atomic E-state index is 11.2. The zero-order chi connectivity index (χ0) is 10.4. The van der Waals surface area contributed by atoms with E-state index in [2.05, 4.69) is 15.7 Å². The monoisotopic (exact) mass is 207 g/mol. The highest BCUT2D eigenvalue weighted by molar-refractivity contribution is 5.78. The maximum atomic E-state index is 11.2. The molecule has 3 atom stereocenters. The van der Waals surface area contributed by atoms with Crippen molar-refractivity contribution in [2.24, 2.45) is 22.6 Å². The molecule has 3 heterocycles. The molecule has 6 heteroatoms. The van der Waals surface area contributed by atoms with Gasteiger partial charge in [0.2, 0.25) is 5.91 Å². The average Bonchev–Trinajstić information content (AvgIpc) is 2.82. The van der Waals surface area contributed by atoms with Gasteiger partial charge in [-0.2, -0.15) is 0 Å². The molecule has 0 spiro atoms. The molecule has 2 saturated heterocycles. The molecule has 3 rings (SSSR count). The first-order valence-corrected chi connectivity index (χ1v) is 5.06. The second-order valence-electron chi connectivity index (χ2n) is 4.05. The number of hydrogen-bond donors (Lipinski definition) is 3. The smallest absolute Gasteiger partial charge is 0.225 e. The van der Waals surface area contributed by atoms with Crippen LogP contribution in [0.2, 0.25) is 0 Å². The van der Waals surface area contributed by atoms with Crippen molar-refractivity contribution in [1.82, 2.24) is 15.8 Å². The number of fused-ring (bicyclic) bond motifs is 3. The standard InChI is InChI=1S/C9H13N5O/c10-8(15)6-3-13-14-7-4-11-1-5(7)2-12-9(6)14/h1,4-6,9,12-13H,2-3H2,(H2,10,15). The molecule has 0 aliphatic carbocycles. The third kappa shape index (κ3) is 1.18. The summed E-state index contributed by atoms with van der Waals surface area (Å²) in [5.74, 6) is -0.117. The van der Waals surface area contributed by atoms with Crippen molar-refractivity contribution in [1.29, 1.82) is 0 Å². The molecule has 4 N–H and O–H groups in total. The summed E-state index contributed by atoms with van der Waals surface area (Å²) in [5.41, 5.74) is 9.66. The summed E-state index contributed by atoms with van der Waals surface area (Å²) >= 11 is 0. The van der Waals surface area contributed by atoms with Gasteiger partial charge in [-0.1, -0.05) is 0 Å². The van der Waals surface area contributed by atoms with Gasteiger partial charge in [-0.25, -0.2) is 5.43 Å². The molecule has 0 aromatic rings. The molecule has 1 amide bonds. The summed E-state index contributed by atoms with van der Waals surface area (Å²) in [5, 5.41) is 5.30. The third-order valence-electron chi connectivity index (χ3n) is 3.18. The van der Waals surface area contributed by atoms with Crippen molar-refractivity contribution >= 4 is 12.1 Å². The molecule has 3 unspecified atom stereocenters. The van der Waals surface area contributed by atoms with E-state index in [9.17, 15) is 4.79 Å². The minimum Gasteiger partial charge on any atom is -0.369 e. The zero-order valence-electron chi connectivity index (χ0n) is 8.18. The second kappa shape index (κ2) is 3.04. The van der Waals surface area contributed by atoms with Gasteiger partial charge in [0.25, 0.3) is 0 Å². The van der Waals surface area contributed by atoms with Gasteiger partial charge in [0, 0.05) is 31.4 Å². The summed E-state index contributed by atoms with van der Waals surface area (Å²) in [6.07, 6.45) is 3.74. The molecule has 0 aromatic heterocycles. The SMILES string of the molecule is NC(=O)C1CNN2C3=CN=CC3CNC12. The van der Waals surface area contributed by atoms with E-state index in [1.54, 1.807) is 0 Å². The number of aliphatic imine (C=N–C) groups is 1. The molecule has 15 heavy (non-hydrogen) atoms. The van der Waals surface area contributed by atoms with Crippen LogP contribution in [0.5, 0.6) is 0 Å². The summed E-state index contributed by atoms with van der Waals surface area (Å²) in [7, 11) is 0. The van der Waals surface area contributed by atoms with Crippen molar-refractivity contribution in [3.63, 3.8) is 0 Å². The molecule has 3 aliphatic heterocycles. The highest BCUT2D eigenvalue weighted by Gasteiger charge is 2.43. The van der Waals surface area contributed by atoms with Gasteiger partial charge in [0.1, 0.15) is 6.17 Å². The first kappa shape index (κ1) is 8.87. The number of nitrogens with zero attached hydrogens (tertiary/aromatic N) is 2. The number of rotatable bonds is 1. The Hall–Kier alpha value is -1.40. The van der Waals surface area contributed by atoms with Gasteiger partial charge >= 0.3 is 0 Å². The number of amides is 1. The van der Waals surface area contributed by atoms with E-state index in [1.165, 1.54) is 0 Å². The molecule has 80 valence electrons. The lowest BCUT2D eigenvalue weighted by Crippen LogP contribution is -2.56. The van der Waals surface area contributed by atoms with E-state index in [1.807, 2.05) is 17.4 Å². The predicted molar refractivity (Wildman–Crippen MR) is 54.4 cm³/mol. The van der Waals surface area contributed by atoms with Crippen molar-refractivity contribution < 1.29 is 4.79 Å². The summed E-state index contributed by atoms with van der Waals surface area (Å²) in [6.45, 7) is 1.42. The van der Waals surface area contributed by atoms with E-state index in [0.717, 1.165) is 12.2 Å². The minimum atomic E-state index is -0.263. The molecule has 3 aliphatic rings. The first-order chi connectivity index (χ1) is 7.27. The molecule has 0 aromatic carbocycles. The van der Waals surface area contributed by atoms with Crippen LogP contribution in [-0.2, 0) is 4.79 Å². The fraction of sp³-hybridized carbons (Fsp3) is 0.556. The number of nitrogens with two attached hydrogens (primary N) is 1. The van der Waals surface area contributed by atoms with Gasteiger partial charge in [0.15, 0.2) is 0 Å². The number of primary amides is 1. The van der Waals surface area contributed by atoms with Crippen LogP contribution in [0.1, 0.15) is 0 Å². The van der Waals surface area contributed by atoms with Crippen LogP contribution in [0.4, 0.5) is 0 Å². The van der Waals surface area contributed by atoms with Crippen LogP contribution in [0.3, 0.4) is 0 Å².